The molecule has 1 aliphatic rings. The smallest absolute Gasteiger partial charge is 0.261 e. The normalized spacial score (nSPS) is 13.2. The number of benzene rings is 2. The van der Waals surface area contributed by atoms with E-state index in [0.29, 0.717) is 21.7 Å². The molecular formula is C17H13ClN2O3. The molecule has 23 heavy (non-hydrogen) atoms. The molecule has 5 nitrogen and oxygen atoms in total. The van der Waals surface area contributed by atoms with E-state index in [-0.39, 0.29) is 30.8 Å². The van der Waals surface area contributed by atoms with Crippen molar-refractivity contribution in [2.24, 2.45) is 0 Å². The molecule has 6 heteroatoms. The highest BCUT2D eigenvalue weighted by molar-refractivity contribution is 6.31. The number of rotatable bonds is 4. The fourth-order valence-electron chi connectivity index (χ4n) is 2.46. The van der Waals surface area contributed by atoms with Gasteiger partial charge in [0.15, 0.2) is 0 Å². The van der Waals surface area contributed by atoms with Gasteiger partial charge in [-0.25, -0.2) is 0 Å². The first kappa shape index (κ1) is 15.2. The van der Waals surface area contributed by atoms with Gasteiger partial charge >= 0.3 is 0 Å². The van der Waals surface area contributed by atoms with Crippen LogP contribution >= 0.6 is 11.6 Å². The standard InChI is InChI=1S/C17H13ClN2O3/c18-12-5-3-4-11(10-12)15(21)19-8-9-20-16(22)13-6-1-2-7-14(13)17(20)23/h1-7,10H,8-9H2,(H,19,21). The van der Waals surface area contributed by atoms with Crippen molar-refractivity contribution in [3.05, 3.63) is 70.2 Å². The Morgan fingerprint density at radius 2 is 1.65 bits per heavy atom. The van der Waals surface area contributed by atoms with Crippen molar-refractivity contribution in [2.75, 3.05) is 13.1 Å². The van der Waals surface area contributed by atoms with E-state index in [2.05, 4.69) is 5.32 Å². The second-order valence-corrected chi connectivity index (χ2v) is 5.51. The molecule has 0 saturated carbocycles. The number of amides is 3. The lowest BCUT2D eigenvalue weighted by Gasteiger charge is -2.14. The molecule has 116 valence electrons. The van der Waals surface area contributed by atoms with Gasteiger partial charge in [0, 0.05) is 23.7 Å². The molecule has 0 aromatic heterocycles. The van der Waals surface area contributed by atoms with E-state index in [4.69, 9.17) is 11.6 Å². The monoisotopic (exact) mass is 328 g/mol. The zero-order chi connectivity index (χ0) is 16.4. The lowest BCUT2D eigenvalue weighted by Crippen LogP contribution is -2.38. The maximum Gasteiger partial charge on any atom is 0.261 e. The summed E-state index contributed by atoms with van der Waals surface area (Å²) in [6.07, 6.45) is 0. The zero-order valence-corrected chi connectivity index (χ0v) is 12.8. The number of carbonyl (C=O) groups excluding carboxylic acids is 3. The first-order valence-electron chi connectivity index (χ1n) is 7.07. The molecule has 0 saturated heterocycles. The summed E-state index contributed by atoms with van der Waals surface area (Å²) in [6.45, 7) is 0.301. The number of hydrogen-bond donors (Lipinski definition) is 1. The molecule has 1 aliphatic heterocycles. The maximum absolute atomic E-state index is 12.2. The van der Waals surface area contributed by atoms with Gasteiger partial charge in [-0.15, -0.1) is 0 Å². The summed E-state index contributed by atoms with van der Waals surface area (Å²) in [7, 11) is 0. The van der Waals surface area contributed by atoms with Crippen molar-refractivity contribution >= 4 is 29.3 Å². The molecule has 2 aromatic carbocycles. The highest BCUT2D eigenvalue weighted by Gasteiger charge is 2.34. The Morgan fingerprint density at radius 3 is 2.26 bits per heavy atom. The summed E-state index contributed by atoms with van der Waals surface area (Å²) in [5.74, 6) is -0.964. The third-order valence-electron chi connectivity index (χ3n) is 3.59. The molecule has 0 spiro atoms. The topological polar surface area (TPSA) is 66.5 Å². The van der Waals surface area contributed by atoms with Crippen LogP contribution in [0.5, 0.6) is 0 Å². The minimum absolute atomic E-state index is 0.124. The number of halogens is 1. The van der Waals surface area contributed by atoms with Gasteiger partial charge < -0.3 is 5.32 Å². The fraction of sp³-hybridized carbons (Fsp3) is 0.118. The van der Waals surface area contributed by atoms with E-state index < -0.39 is 0 Å². The minimum Gasteiger partial charge on any atom is -0.350 e. The second-order valence-electron chi connectivity index (χ2n) is 5.07. The lowest BCUT2D eigenvalue weighted by atomic mass is 10.1. The van der Waals surface area contributed by atoms with Gasteiger partial charge in [0.05, 0.1) is 11.1 Å². The molecule has 2 aromatic rings. The van der Waals surface area contributed by atoms with Crippen LogP contribution in [0.15, 0.2) is 48.5 Å². The number of nitrogens with zero attached hydrogens (tertiary/aromatic N) is 1. The Bertz CT molecular complexity index is 769. The Hall–Kier alpha value is -2.66. The van der Waals surface area contributed by atoms with Gasteiger partial charge in [-0.3, -0.25) is 19.3 Å². The number of nitrogens with one attached hydrogen (secondary N) is 1. The van der Waals surface area contributed by atoms with E-state index in [9.17, 15) is 14.4 Å². The van der Waals surface area contributed by atoms with Crippen molar-refractivity contribution in [1.82, 2.24) is 10.2 Å². The average Bonchev–Trinajstić information content (AvgIpc) is 2.80. The van der Waals surface area contributed by atoms with E-state index >= 15 is 0 Å². The highest BCUT2D eigenvalue weighted by atomic mass is 35.5. The molecule has 0 unspecified atom stereocenters. The molecule has 0 aliphatic carbocycles. The predicted molar refractivity (Wildman–Crippen MR) is 85.6 cm³/mol. The number of fused-ring (bicyclic) bond motifs is 1. The minimum atomic E-state index is -0.331. The molecule has 3 amide bonds. The highest BCUT2D eigenvalue weighted by Crippen LogP contribution is 2.21. The van der Waals surface area contributed by atoms with E-state index in [1.807, 2.05) is 0 Å². The summed E-state index contributed by atoms with van der Waals surface area (Å²) in [5, 5.41) is 3.15. The van der Waals surface area contributed by atoms with Gasteiger partial charge in [0.2, 0.25) is 0 Å². The van der Waals surface area contributed by atoms with Crippen molar-refractivity contribution < 1.29 is 14.4 Å². The van der Waals surface area contributed by atoms with Gasteiger partial charge in [0.25, 0.3) is 17.7 Å². The molecule has 3 rings (SSSR count). The molecule has 0 fully saturated rings. The van der Waals surface area contributed by atoms with Crippen LogP contribution in [-0.2, 0) is 0 Å². The third kappa shape index (κ3) is 2.96. The maximum atomic E-state index is 12.2. The lowest BCUT2D eigenvalue weighted by molar-refractivity contribution is 0.0650. The van der Waals surface area contributed by atoms with E-state index in [1.54, 1.807) is 48.5 Å². The van der Waals surface area contributed by atoms with E-state index in [1.165, 1.54) is 0 Å². The van der Waals surface area contributed by atoms with Crippen LogP contribution in [0.3, 0.4) is 0 Å². The van der Waals surface area contributed by atoms with Crippen molar-refractivity contribution in [3.63, 3.8) is 0 Å². The summed E-state index contributed by atoms with van der Waals surface area (Å²) >= 11 is 5.84. The molecule has 0 bridgehead atoms. The third-order valence-corrected chi connectivity index (χ3v) is 3.82. The van der Waals surface area contributed by atoms with Gasteiger partial charge in [-0.2, -0.15) is 0 Å². The average molecular weight is 329 g/mol. The van der Waals surface area contributed by atoms with Crippen LogP contribution < -0.4 is 5.32 Å². The number of hydrogen-bond acceptors (Lipinski definition) is 3. The second kappa shape index (κ2) is 6.22. The Kier molecular flexibility index (Phi) is 4.12. The van der Waals surface area contributed by atoms with Crippen LogP contribution in [0.4, 0.5) is 0 Å². The zero-order valence-electron chi connectivity index (χ0n) is 12.1. The summed E-state index contributed by atoms with van der Waals surface area (Å²) in [6, 6.07) is 13.2. The summed E-state index contributed by atoms with van der Waals surface area (Å²) < 4.78 is 0. The molecule has 0 radical (unpaired) electrons. The largest absolute Gasteiger partial charge is 0.350 e. The molecule has 1 N–H and O–H groups in total. The van der Waals surface area contributed by atoms with Gasteiger partial charge in [-0.05, 0) is 30.3 Å². The number of imide groups is 1. The SMILES string of the molecule is O=C(NCCN1C(=O)c2ccccc2C1=O)c1cccc(Cl)c1. The van der Waals surface area contributed by atoms with Crippen molar-refractivity contribution in [1.29, 1.82) is 0 Å². The fourth-order valence-corrected chi connectivity index (χ4v) is 2.65. The van der Waals surface area contributed by atoms with Crippen molar-refractivity contribution in [3.8, 4) is 0 Å². The first-order chi connectivity index (χ1) is 11.1. The van der Waals surface area contributed by atoms with E-state index in [0.717, 1.165) is 4.90 Å². The summed E-state index contributed by atoms with van der Waals surface area (Å²) in [4.78, 5) is 37.5. The van der Waals surface area contributed by atoms with Crippen LogP contribution in [0.1, 0.15) is 31.1 Å². The van der Waals surface area contributed by atoms with Crippen LogP contribution in [0.2, 0.25) is 5.02 Å². The van der Waals surface area contributed by atoms with Gasteiger partial charge in [-0.1, -0.05) is 29.8 Å². The first-order valence-corrected chi connectivity index (χ1v) is 7.45. The Balaban J connectivity index is 1.61. The predicted octanol–water partition coefficient (Wildman–Crippen LogP) is 2.37. The Labute approximate surface area is 137 Å². The Morgan fingerprint density at radius 1 is 1.00 bits per heavy atom. The van der Waals surface area contributed by atoms with Crippen LogP contribution in [0.25, 0.3) is 0 Å². The van der Waals surface area contributed by atoms with Crippen LogP contribution in [-0.4, -0.2) is 35.7 Å². The molecule has 1 heterocycles. The van der Waals surface area contributed by atoms with Gasteiger partial charge in [0.1, 0.15) is 0 Å². The quantitative estimate of drug-likeness (QED) is 0.876. The summed E-state index contributed by atoms with van der Waals surface area (Å²) in [5.41, 5.74) is 1.23. The van der Waals surface area contributed by atoms with Crippen molar-refractivity contribution in [2.45, 2.75) is 0 Å². The number of carbonyl (C=O) groups is 3. The van der Waals surface area contributed by atoms with Crippen LogP contribution in [0, 0.1) is 0 Å². The molecular weight excluding hydrogens is 316 g/mol. The molecule has 0 atom stereocenters.